The van der Waals surface area contributed by atoms with Crippen molar-refractivity contribution < 1.29 is 24.5 Å². The molecule has 212 valence electrons. The number of ether oxygens (including phenoxy) is 2. The van der Waals surface area contributed by atoms with E-state index in [-0.39, 0.29) is 19.0 Å². The third kappa shape index (κ3) is 8.49. The molecular formula is C32H54O5. The van der Waals surface area contributed by atoms with Crippen molar-refractivity contribution in [2.45, 2.75) is 110 Å². The van der Waals surface area contributed by atoms with Gasteiger partial charge in [-0.25, -0.2) is 0 Å². The summed E-state index contributed by atoms with van der Waals surface area (Å²) in [5.41, 5.74) is 0. The maximum Gasteiger partial charge on any atom is 0.177 e. The fraction of sp³-hybridized carbons (Fsp3) is 0.844. The quantitative estimate of drug-likeness (QED) is 0.237. The first kappa shape index (κ1) is 30.5. The largest absolute Gasteiger partial charge is 0.394 e. The SMILES string of the molecule is CCCCCCC1CC2C=CC(C2)C12OCCO2.CCCCCCC1CC2C=CC(C2)C1=O.OCCO. The van der Waals surface area contributed by atoms with Crippen molar-refractivity contribution in [3.05, 3.63) is 24.3 Å². The van der Waals surface area contributed by atoms with Crippen molar-refractivity contribution in [1.82, 2.24) is 0 Å². The van der Waals surface area contributed by atoms with E-state index in [0.717, 1.165) is 44.3 Å². The van der Waals surface area contributed by atoms with Gasteiger partial charge in [-0.3, -0.25) is 4.79 Å². The molecule has 1 saturated heterocycles. The lowest BCUT2D eigenvalue weighted by atomic mass is 9.72. The Morgan fingerprint density at radius 2 is 1.38 bits per heavy atom. The van der Waals surface area contributed by atoms with Crippen LogP contribution in [0, 0.1) is 35.5 Å². The number of carbonyl (C=O) groups is 1. The molecule has 37 heavy (non-hydrogen) atoms. The minimum Gasteiger partial charge on any atom is -0.394 e. The number of unbranched alkanes of at least 4 members (excludes halogenated alkanes) is 6. The molecule has 0 radical (unpaired) electrons. The Balaban J connectivity index is 0.000000182. The molecule has 1 heterocycles. The van der Waals surface area contributed by atoms with Gasteiger partial charge in [-0.2, -0.15) is 0 Å². The number of Topliss-reactive ketones (excluding diaryl/α,β-unsaturated/α-hetero) is 1. The van der Waals surface area contributed by atoms with E-state index >= 15 is 0 Å². The molecule has 2 N–H and O–H groups in total. The average molecular weight is 519 g/mol. The van der Waals surface area contributed by atoms with Crippen LogP contribution in [-0.4, -0.2) is 48.2 Å². The Kier molecular flexibility index (Phi) is 13.3. The molecule has 6 atom stereocenters. The van der Waals surface area contributed by atoms with Crippen molar-refractivity contribution in [2.24, 2.45) is 35.5 Å². The molecule has 2 saturated carbocycles. The number of carbonyl (C=O) groups excluding carboxylic acids is 1. The molecule has 5 rings (SSSR count). The normalized spacial score (nSPS) is 32.3. The maximum atomic E-state index is 12.0. The van der Waals surface area contributed by atoms with Crippen LogP contribution in [0.5, 0.6) is 0 Å². The zero-order chi connectivity index (χ0) is 26.5. The lowest BCUT2D eigenvalue weighted by molar-refractivity contribution is -0.237. The monoisotopic (exact) mass is 518 g/mol. The lowest BCUT2D eigenvalue weighted by Gasteiger charge is -2.44. The van der Waals surface area contributed by atoms with Crippen LogP contribution in [0.4, 0.5) is 0 Å². The summed E-state index contributed by atoms with van der Waals surface area (Å²) in [5, 5.41) is 15.2. The molecule has 0 aromatic heterocycles. The second-order valence-corrected chi connectivity index (χ2v) is 11.8. The molecular weight excluding hydrogens is 464 g/mol. The van der Waals surface area contributed by atoms with Crippen molar-refractivity contribution in [2.75, 3.05) is 26.4 Å². The number of hydrogen-bond donors (Lipinski definition) is 2. The number of rotatable bonds is 11. The third-order valence-corrected chi connectivity index (χ3v) is 9.02. The molecule has 5 aliphatic rings. The highest BCUT2D eigenvalue weighted by Gasteiger charge is 2.54. The second kappa shape index (κ2) is 16.2. The zero-order valence-corrected chi connectivity index (χ0v) is 23.6. The minimum absolute atomic E-state index is 0.125. The van der Waals surface area contributed by atoms with Crippen LogP contribution in [0.15, 0.2) is 24.3 Å². The van der Waals surface area contributed by atoms with E-state index in [4.69, 9.17) is 19.7 Å². The van der Waals surface area contributed by atoms with Crippen LogP contribution in [0.1, 0.15) is 104 Å². The summed E-state index contributed by atoms with van der Waals surface area (Å²) >= 11 is 0. The molecule has 1 spiro atoms. The molecule has 6 unspecified atom stereocenters. The number of aliphatic hydroxyl groups is 2. The van der Waals surface area contributed by atoms with E-state index in [2.05, 4.69) is 38.2 Å². The zero-order valence-electron chi connectivity index (χ0n) is 23.6. The highest BCUT2D eigenvalue weighted by molar-refractivity contribution is 5.86. The van der Waals surface area contributed by atoms with E-state index in [1.807, 2.05) is 0 Å². The van der Waals surface area contributed by atoms with Crippen molar-refractivity contribution >= 4 is 5.78 Å². The van der Waals surface area contributed by atoms with Gasteiger partial charge < -0.3 is 19.7 Å². The Hall–Kier alpha value is -1.01. The summed E-state index contributed by atoms with van der Waals surface area (Å²) in [6.45, 7) is 5.84. The van der Waals surface area contributed by atoms with E-state index in [1.54, 1.807) is 0 Å². The summed E-state index contributed by atoms with van der Waals surface area (Å²) in [4.78, 5) is 12.0. The fourth-order valence-electron chi connectivity index (χ4n) is 7.13. The van der Waals surface area contributed by atoms with E-state index in [0.29, 0.717) is 29.5 Å². The smallest absolute Gasteiger partial charge is 0.177 e. The first-order valence-electron chi connectivity index (χ1n) is 15.5. The summed E-state index contributed by atoms with van der Waals surface area (Å²) in [6.07, 6.45) is 27.0. The molecule has 0 aromatic rings. The van der Waals surface area contributed by atoms with E-state index in [9.17, 15) is 4.79 Å². The topological polar surface area (TPSA) is 76.0 Å². The van der Waals surface area contributed by atoms with Crippen molar-refractivity contribution in [3.63, 3.8) is 0 Å². The number of aliphatic hydroxyl groups excluding tert-OH is 2. The fourth-order valence-corrected chi connectivity index (χ4v) is 7.13. The average Bonchev–Trinajstić information content (AvgIpc) is 3.66. The Labute approximate surface area is 226 Å². The van der Waals surface area contributed by atoms with Gasteiger partial charge in [-0.15, -0.1) is 0 Å². The standard InChI is InChI=1S/C16H26O2.C14H22O.C2H6O2/c1-2-3-4-5-6-14-11-13-7-8-15(12-13)16(14)17-9-10-18-16;1-2-3-4-5-6-12-9-11-7-8-13(10-11)14(12)15;3-1-2-4/h7-8,13-15H,2-6,9-12H2,1H3;7-8,11-13H,2-6,9-10H2,1H3;3-4H,1-2H2. The van der Waals surface area contributed by atoms with Crippen LogP contribution >= 0.6 is 0 Å². The predicted octanol–water partition coefficient (Wildman–Crippen LogP) is 6.62. The van der Waals surface area contributed by atoms with Gasteiger partial charge in [-0.1, -0.05) is 89.5 Å². The number of fused-ring (bicyclic) bond motifs is 5. The van der Waals surface area contributed by atoms with Crippen molar-refractivity contribution in [3.8, 4) is 0 Å². The molecule has 1 aliphatic heterocycles. The van der Waals surface area contributed by atoms with Gasteiger partial charge in [0, 0.05) is 23.7 Å². The minimum atomic E-state index is -0.240. The van der Waals surface area contributed by atoms with E-state index < -0.39 is 0 Å². The molecule has 0 aromatic carbocycles. The lowest BCUT2D eigenvalue weighted by Crippen LogP contribution is -2.48. The number of hydrogen-bond acceptors (Lipinski definition) is 5. The van der Waals surface area contributed by atoms with Crippen LogP contribution in [-0.2, 0) is 14.3 Å². The first-order valence-corrected chi connectivity index (χ1v) is 15.5. The second-order valence-electron chi connectivity index (χ2n) is 11.8. The molecule has 4 aliphatic carbocycles. The Morgan fingerprint density at radius 1 is 0.757 bits per heavy atom. The molecule has 5 heteroatoms. The summed E-state index contributed by atoms with van der Waals surface area (Å²) in [6, 6.07) is 0. The Bertz CT molecular complexity index is 708. The van der Waals surface area contributed by atoms with E-state index in [1.165, 1.54) is 70.6 Å². The van der Waals surface area contributed by atoms with Crippen LogP contribution < -0.4 is 0 Å². The van der Waals surface area contributed by atoms with Crippen LogP contribution in [0.3, 0.4) is 0 Å². The number of ketones is 1. The van der Waals surface area contributed by atoms with Gasteiger partial charge >= 0.3 is 0 Å². The van der Waals surface area contributed by atoms with Gasteiger partial charge in [0.1, 0.15) is 5.78 Å². The van der Waals surface area contributed by atoms with Crippen molar-refractivity contribution in [1.29, 1.82) is 0 Å². The number of allylic oxidation sites excluding steroid dienone is 3. The van der Waals surface area contributed by atoms with Gasteiger partial charge in [0.2, 0.25) is 0 Å². The Morgan fingerprint density at radius 3 is 2.03 bits per heavy atom. The van der Waals surface area contributed by atoms with Crippen LogP contribution in [0.2, 0.25) is 0 Å². The predicted molar refractivity (Wildman–Crippen MR) is 149 cm³/mol. The highest BCUT2D eigenvalue weighted by atomic mass is 16.7. The van der Waals surface area contributed by atoms with Crippen LogP contribution in [0.25, 0.3) is 0 Å². The molecule has 0 amide bonds. The summed E-state index contributed by atoms with van der Waals surface area (Å²) in [5.74, 6) is 3.64. The van der Waals surface area contributed by atoms with Gasteiger partial charge in [0.05, 0.1) is 26.4 Å². The van der Waals surface area contributed by atoms with Gasteiger partial charge in [-0.05, 0) is 50.4 Å². The van der Waals surface area contributed by atoms with Gasteiger partial charge in [0.15, 0.2) is 5.79 Å². The maximum absolute atomic E-state index is 12.0. The molecule has 4 bridgehead atoms. The third-order valence-electron chi connectivity index (χ3n) is 9.02. The van der Waals surface area contributed by atoms with Gasteiger partial charge in [0.25, 0.3) is 0 Å². The summed E-state index contributed by atoms with van der Waals surface area (Å²) in [7, 11) is 0. The molecule has 5 nitrogen and oxygen atoms in total. The summed E-state index contributed by atoms with van der Waals surface area (Å²) < 4.78 is 12.2. The highest BCUT2D eigenvalue weighted by Crippen LogP contribution is 2.52. The first-order chi connectivity index (χ1) is 18.1. The molecule has 3 fully saturated rings.